The SMILES string of the molecule is Cl.NCCCN1C(=O)C2(CC2)c2cc(F)ccc21. The van der Waals surface area contributed by atoms with E-state index in [-0.39, 0.29) is 24.1 Å². The third kappa shape index (κ3) is 1.71. The Labute approximate surface area is 112 Å². The summed E-state index contributed by atoms with van der Waals surface area (Å²) >= 11 is 0. The van der Waals surface area contributed by atoms with Crippen molar-refractivity contribution in [2.45, 2.75) is 24.7 Å². The van der Waals surface area contributed by atoms with Crippen LogP contribution in [0.4, 0.5) is 10.1 Å². The number of hydrogen-bond donors (Lipinski definition) is 1. The molecule has 1 aliphatic heterocycles. The summed E-state index contributed by atoms with van der Waals surface area (Å²) in [6.07, 6.45) is 2.47. The Balaban J connectivity index is 0.00000120. The molecule has 3 rings (SSSR count). The van der Waals surface area contributed by atoms with E-state index in [1.807, 2.05) is 0 Å². The van der Waals surface area contributed by atoms with E-state index in [2.05, 4.69) is 0 Å². The molecule has 0 bridgehead atoms. The van der Waals surface area contributed by atoms with Crippen LogP contribution in [-0.4, -0.2) is 19.0 Å². The quantitative estimate of drug-likeness (QED) is 0.913. The molecule has 0 radical (unpaired) electrons. The minimum atomic E-state index is -0.397. The Hall–Kier alpha value is -1.13. The zero-order valence-electron chi connectivity index (χ0n) is 9.99. The molecule has 0 atom stereocenters. The van der Waals surface area contributed by atoms with Gasteiger partial charge in [-0.15, -0.1) is 12.4 Å². The second-order valence-electron chi connectivity index (χ2n) is 4.84. The van der Waals surface area contributed by atoms with Crippen molar-refractivity contribution in [1.29, 1.82) is 0 Å². The molecule has 0 unspecified atom stereocenters. The molecule has 1 amide bonds. The summed E-state index contributed by atoms with van der Waals surface area (Å²) in [6, 6.07) is 4.65. The molecular weight excluding hydrogens is 255 g/mol. The Morgan fingerprint density at radius 2 is 2.11 bits per heavy atom. The summed E-state index contributed by atoms with van der Waals surface area (Å²) in [7, 11) is 0. The van der Waals surface area contributed by atoms with Gasteiger partial charge in [0.05, 0.1) is 5.41 Å². The molecule has 1 heterocycles. The van der Waals surface area contributed by atoms with Gasteiger partial charge in [0.2, 0.25) is 5.91 Å². The summed E-state index contributed by atoms with van der Waals surface area (Å²) in [5.41, 5.74) is 6.84. The molecule has 0 saturated heterocycles. The van der Waals surface area contributed by atoms with Crippen LogP contribution >= 0.6 is 12.4 Å². The molecule has 5 heteroatoms. The number of carbonyl (C=O) groups excluding carboxylic acids is 1. The van der Waals surface area contributed by atoms with Crippen molar-refractivity contribution in [3.8, 4) is 0 Å². The van der Waals surface area contributed by atoms with E-state index in [0.29, 0.717) is 13.1 Å². The van der Waals surface area contributed by atoms with Crippen molar-refractivity contribution < 1.29 is 9.18 Å². The number of fused-ring (bicyclic) bond motifs is 2. The van der Waals surface area contributed by atoms with Crippen LogP contribution in [0.15, 0.2) is 18.2 Å². The minimum Gasteiger partial charge on any atom is -0.330 e. The third-order valence-corrected chi connectivity index (χ3v) is 3.76. The lowest BCUT2D eigenvalue weighted by molar-refractivity contribution is -0.120. The van der Waals surface area contributed by atoms with E-state index in [9.17, 15) is 9.18 Å². The molecule has 1 saturated carbocycles. The van der Waals surface area contributed by atoms with Crippen LogP contribution in [0.1, 0.15) is 24.8 Å². The Morgan fingerprint density at radius 1 is 1.39 bits per heavy atom. The maximum atomic E-state index is 13.3. The molecule has 2 N–H and O–H groups in total. The zero-order chi connectivity index (χ0) is 12.0. The highest BCUT2D eigenvalue weighted by Crippen LogP contribution is 2.57. The van der Waals surface area contributed by atoms with Crippen LogP contribution < -0.4 is 10.6 Å². The number of nitrogens with two attached hydrogens (primary N) is 1. The first-order valence-corrected chi connectivity index (χ1v) is 6.01. The maximum Gasteiger partial charge on any atom is 0.237 e. The Bertz CT molecular complexity index is 488. The van der Waals surface area contributed by atoms with Gasteiger partial charge in [0, 0.05) is 12.2 Å². The fourth-order valence-electron chi connectivity index (χ4n) is 2.69. The summed E-state index contributed by atoms with van der Waals surface area (Å²) in [4.78, 5) is 14.1. The topological polar surface area (TPSA) is 46.3 Å². The van der Waals surface area contributed by atoms with Gasteiger partial charge >= 0.3 is 0 Å². The second kappa shape index (κ2) is 4.52. The Kier molecular flexibility index (Phi) is 3.34. The molecule has 1 aromatic rings. The minimum absolute atomic E-state index is 0. The molecule has 1 spiro atoms. The molecule has 2 aliphatic rings. The second-order valence-corrected chi connectivity index (χ2v) is 4.84. The van der Waals surface area contributed by atoms with Gasteiger partial charge in [-0.2, -0.15) is 0 Å². The van der Waals surface area contributed by atoms with E-state index in [1.54, 1.807) is 11.0 Å². The summed E-state index contributed by atoms with van der Waals surface area (Å²) in [5, 5.41) is 0. The average molecular weight is 271 g/mol. The maximum absolute atomic E-state index is 13.3. The largest absolute Gasteiger partial charge is 0.330 e. The highest BCUT2D eigenvalue weighted by molar-refractivity contribution is 6.10. The highest BCUT2D eigenvalue weighted by Gasteiger charge is 2.58. The van der Waals surface area contributed by atoms with Crippen molar-refractivity contribution >= 4 is 24.0 Å². The molecule has 98 valence electrons. The van der Waals surface area contributed by atoms with E-state index < -0.39 is 5.41 Å². The fourth-order valence-corrected chi connectivity index (χ4v) is 2.69. The van der Waals surface area contributed by atoms with Gasteiger partial charge in [0.25, 0.3) is 0 Å². The average Bonchev–Trinajstić information content (AvgIpc) is 3.08. The van der Waals surface area contributed by atoms with Crippen LogP contribution in [0.25, 0.3) is 0 Å². The van der Waals surface area contributed by atoms with E-state index in [1.165, 1.54) is 12.1 Å². The lowest BCUT2D eigenvalue weighted by atomic mass is 9.98. The van der Waals surface area contributed by atoms with Crippen LogP contribution in [-0.2, 0) is 10.2 Å². The first-order valence-electron chi connectivity index (χ1n) is 6.01. The van der Waals surface area contributed by atoms with Crippen molar-refractivity contribution in [3.63, 3.8) is 0 Å². The van der Waals surface area contributed by atoms with E-state index in [0.717, 1.165) is 30.5 Å². The Morgan fingerprint density at radius 3 is 2.72 bits per heavy atom. The number of hydrogen-bond acceptors (Lipinski definition) is 2. The smallest absolute Gasteiger partial charge is 0.237 e. The molecule has 1 aromatic carbocycles. The molecule has 18 heavy (non-hydrogen) atoms. The predicted octanol–water partition coefficient (Wildman–Crippen LogP) is 1.97. The third-order valence-electron chi connectivity index (χ3n) is 3.76. The molecular formula is C13H16ClFN2O. The van der Waals surface area contributed by atoms with Gasteiger partial charge in [0.15, 0.2) is 0 Å². The predicted molar refractivity (Wildman–Crippen MR) is 70.6 cm³/mol. The zero-order valence-corrected chi connectivity index (χ0v) is 10.8. The number of carbonyl (C=O) groups is 1. The van der Waals surface area contributed by atoms with Gasteiger partial charge < -0.3 is 10.6 Å². The van der Waals surface area contributed by atoms with Gasteiger partial charge in [-0.25, -0.2) is 4.39 Å². The number of amides is 1. The van der Waals surface area contributed by atoms with Crippen molar-refractivity contribution in [2.24, 2.45) is 5.73 Å². The number of halogens is 2. The lowest BCUT2D eigenvalue weighted by Gasteiger charge is -2.17. The van der Waals surface area contributed by atoms with Crippen LogP contribution in [0, 0.1) is 5.82 Å². The molecule has 3 nitrogen and oxygen atoms in total. The van der Waals surface area contributed by atoms with Crippen LogP contribution in [0.2, 0.25) is 0 Å². The summed E-state index contributed by atoms with van der Waals surface area (Å²) < 4.78 is 13.3. The van der Waals surface area contributed by atoms with Gasteiger partial charge in [-0.1, -0.05) is 0 Å². The van der Waals surface area contributed by atoms with Gasteiger partial charge in [0.1, 0.15) is 5.82 Å². The lowest BCUT2D eigenvalue weighted by Crippen LogP contribution is -2.33. The first-order chi connectivity index (χ1) is 8.19. The number of rotatable bonds is 3. The number of nitrogens with zero attached hydrogens (tertiary/aromatic N) is 1. The highest BCUT2D eigenvalue weighted by atomic mass is 35.5. The monoisotopic (exact) mass is 270 g/mol. The molecule has 0 aromatic heterocycles. The molecule has 1 fully saturated rings. The van der Waals surface area contributed by atoms with Crippen molar-refractivity contribution in [2.75, 3.05) is 18.0 Å². The van der Waals surface area contributed by atoms with Crippen molar-refractivity contribution in [3.05, 3.63) is 29.6 Å². The standard InChI is InChI=1S/C13H15FN2O.ClH/c14-9-2-3-11-10(8-9)13(4-5-13)12(17)16(11)7-1-6-15;/h2-3,8H,1,4-7,15H2;1H. The van der Waals surface area contributed by atoms with E-state index in [4.69, 9.17) is 5.73 Å². The van der Waals surface area contributed by atoms with Crippen LogP contribution in [0.5, 0.6) is 0 Å². The summed E-state index contributed by atoms with van der Waals surface area (Å²) in [5.74, 6) is -0.130. The summed E-state index contributed by atoms with van der Waals surface area (Å²) in [6.45, 7) is 1.20. The molecule has 1 aliphatic carbocycles. The number of benzene rings is 1. The van der Waals surface area contributed by atoms with Gasteiger partial charge in [-0.3, -0.25) is 4.79 Å². The van der Waals surface area contributed by atoms with Crippen LogP contribution in [0.3, 0.4) is 0 Å². The number of anilines is 1. The van der Waals surface area contributed by atoms with E-state index >= 15 is 0 Å². The van der Waals surface area contributed by atoms with Crippen molar-refractivity contribution in [1.82, 2.24) is 0 Å². The van der Waals surface area contributed by atoms with Gasteiger partial charge in [-0.05, 0) is 49.6 Å². The normalized spacial score (nSPS) is 18.8. The fraction of sp³-hybridized carbons (Fsp3) is 0.462. The first kappa shape index (κ1) is 13.3.